The van der Waals surface area contributed by atoms with E-state index in [9.17, 15) is 23.9 Å². The first-order valence-electron chi connectivity index (χ1n) is 11.9. The SMILES string of the molecule is CC[C@@]1(O)C(=O)OCc2c1cc1n(c2=O)Cc2c-1nc1cc(F)c(NC(=O)OC(C)(C)C)cc1c2CN. The van der Waals surface area contributed by atoms with Crippen molar-refractivity contribution in [2.45, 2.75) is 65.0 Å². The van der Waals surface area contributed by atoms with Crippen LogP contribution in [0, 0.1) is 5.82 Å². The minimum Gasteiger partial charge on any atom is -0.458 e. The molecule has 1 amide bonds. The zero-order chi connectivity index (χ0) is 26.9. The predicted molar refractivity (Wildman–Crippen MR) is 132 cm³/mol. The van der Waals surface area contributed by atoms with E-state index in [-0.39, 0.29) is 48.4 Å². The number of rotatable bonds is 3. The number of aromatic nitrogens is 2. The molecule has 0 unspecified atom stereocenters. The van der Waals surface area contributed by atoms with Crippen LogP contribution in [0.5, 0.6) is 0 Å². The van der Waals surface area contributed by atoms with Gasteiger partial charge in [0.2, 0.25) is 0 Å². The van der Waals surface area contributed by atoms with Gasteiger partial charge in [-0.05, 0) is 44.9 Å². The fraction of sp³-hybridized carbons (Fsp3) is 0.385. The van der Waals surface area contributed by atoms with Crippen molar-refractivity contribution in [3.63, 3.8) is 0 Å². The van der Waals surface area contributed by atoms with Crippen LogP contribution in [0.4, 0.5) is 14.9 Å². The summed E-state index contributed by atoms with van der Waals surface area (Å²) in [6, 6.07) is 4.21. The first-order valence-corrected chi connectivity index (χ1v) is 11.9. The van der Waals surface area contributed by atoms with Gasteiger partial charge < -0.3 is 24.9 Å². The number of fused-ring (bicyclic) bond motifs is 5. The van der Waals surface area contributed by atoms with Crippen molar-refractivity contribution >= 4 is 28.7 Å². The van der Waals surface area contributed by atoms with Gasteiger partial charge in [0.15, 0.2) is 5.60 Å². The van der Waals surface area contributed by atoms with Gasteiger partial charge in [-0.3, -0.25) is 10.1 Å². The molecule has 0 saturated carbocycles. The molecule has 0 radical (unpaired) electrons. The molecular formula is C26H27FN4O6. The first-order chi connectivity index (χ1) is 17.4. The molecule has 194 valence electrons. The zero-order valence-corrected chi connectivity index (χ0v) is 20.9. The number of aliphatic hydroxyl groups is 1. The molecule has 4 N–H and O–H groups in total. The molecular weight excluding hydrogens is 483 g/mol. The van der Waals surface area contributed by atoms with Crippen molar-refractivity contribution in [2.24, 2.45) is 5.73 Å². The highest BCUT2D eigenvalue weighted by molar-refractivity contribution is 5.94. The van der Waals surface area contributed by atoms with E-state index in [1.807, 2.05) is 0 Å². The van der Waals surface area contributed by atoms with E-state index in [1.54, 1.807) is 33.8 Å². The van der Waals surface area contributed by atoms with Crippen molar-refractivity contribution in [1.82, 2.24) is 9.55 Å². The average Bonchev–Trinajstić information content (AvgIpc) is 3.18. The van der Waals surface area contributed by atoms with Crippen LogP contribution in [-0.2, 0) is 39.6 Å². The quantitative estimate of drug-likeness (QED) is 0.357. The Morgan fingerprint density at radius 3 is 2.68 bits per heavy atom. The van der Waals surface area contributed by atoms with Crippen molar-refractivity contribution in [1.29, 1.82) is 0 Å². The van der Waals surface area contributed by atoms with E-state index in [4.69, 9.17) is 15.2 Å². The van der Waals surface area contributed by atoms with Crippen molar-refractivity contribution in [2.75, 3.05) is 5.32 Å². The van der Waals surface area contributed by atoms with Crippen molar-refractivity contribution in [3.05, 3.63) is 56.6 Å². The van der Waals surface area contributed by atoms with Gasteiger partial charge in [-0.1, -0.05) is 6.92 Å². The Hall–Kier alpha value is -3.83. The van der Waals surface area contributed by atoms with E-state index < -0.39 is 34.6 Å². The molecule has 2 aliphatic heterocycles. The van der Waals surface area contributed by atoms with Gasteiger partial charge in [-0.15, -0.1) is 0 Å². The van der Waals surface area contributed by atoms with Gasteiger partial charge in [-0.2, -0.15) is 0 Å². The van der Waals surface area contributed by atoms with E-state index in [2.05, 4.69) is 10.3 Å². The summed E-state index contributed by atoms with van der Waals surface area (Å²) >= 11 is 0. The van der Waals surface area contributed by atoms with Gasteiger partial charge in [0, 0.05) is 29.1 Å². The molecule has 0 aliphatic carbocycles. The van der Waals surface area contributed by atoms with Crippen molar-refractivity contribution < 1.29 is 28.6 Å². The molecule has 10 nitrogen and oxygen atoms in total. The van der Waals surface area contributed by atoms with Crippen LogP contribution in [0.3, 0.4) is 0 Å². The third-order valence-corrected chi connectivity index (χ3v) is 6.73. The smallest absolute Gasteiger partial charge is 0.412 e. The number of nitrogens with two attached hydrogens (primary N) is 1. The second kappa shape index (κ2) is 8.35. The summed E-state index contributed by atoms with van der Waals surface area (Å²) < 4.78 is 26.8. The third kappa shape index (κ3) is 3.85. The molecule has 0 spiro atoms. The second-order valence-electron chi connectivity index (χ2n) is 10.2. The Labute approximate surface area is 211 Å². The normalized spacial score (nSPS) is 18.2. The summed E-state index contributed by atoms with van der Waals surface area (Å²) in [6.07, 6.45) is -0.786. The molecule has 5 rings (SSSR count). The van der Waals surface area contributed by atoms with Gasteiger partial charge >= 0.3 is 12.1 Å². The summed E-state index contributed by atoms with van der Waals surface area (Å²) in [5.74, 6) is -1.54. The van der Waals surface area contributed by atoms with Crippen LogP contribution in [0.2, 0.25) is 0 Å². The topological polar surface area (TPSA) is 146 Å². The van der Waals surface area contributed by atoms with Crippen LogP contribution in [0.1, 0.15) is 56.4 Å². The Morgan fingerprint density at radius 2 is 2.03 bits per heavy atom. The lowest BCUT2D eigenvalue weighted by Gasteiger charge is -2.31. The number of hydrogen-bond donors (Lipinski definition) is 3. The van der Waals surface area contributed by atoms with Gasteiger partial charge in [-0.25, -0.2) is 19.0 Å². The largest absolute Gasteiger partial charge is 0.458 e. The van der Waals surface area contributed by atoms with E-state index in [1.165, 1.54) is 16.7 Å². The first kappa shape index (κ1) is 24.8. The number of hydrogen-bond acceptors (Lipinski definition) is 8. The van der Waals surface area contributed by atoms with Crippen LogP contribution in [0.15, 0.2) is 23.0 Å². The maximum absolute atomic E-state index is 15.0. The second-order valence-corrected chi connectivity index (χ2v) is 10.2. The molecule has 0 bridgehead atoms. The number of halogens is 1. The van der Waals surface area contributed by atoms with E-state index in [0.717, 1.165) is 0 Å². The lowest BCUT2D eigenvalue weighted by molar-refractivity contribution is -0.172. The summed E-state index contributed by atoms with van der Waals surface area (Å²) in [6.45, 7) is 6.69. The number of ether oxygens (including phenoxy) is 2. The van der Waals surface area contributed by atoms with E-state index >= 15 is 0 Å². The van der Waals surface area contributed by atoms with Gasteiger partial charge in [0.05, 0.1) is 34.7 Å². The van der Waals surface area contributed by atoms with Gasteiger partial charge in [0.25, 0.3) is 5.56 Å². The molecule has 3 aromatic rings. The molecule has 37 heavy (non-hydrogen) atoms. The average molecular weight is 511 g/mol. The molecule has 2 aromatic heterocycles. The van der Waals surface area contributed by atoms with Gasteiger partial charge in [0.1, 0.15) is 18.0 Å². The number of nitrogens with one attached hydrogen (secondary N) is 1. The molecule has 1 aromatic carbocycles. The van der Waals surface area contributed by atoms with Crippen LogP contribution in [0.25, 0.3) is 22.3 Å². The Morgan fingerprint density at radius 1 is 1.30 bits per heavy atom. The van der Waals surface area contributed by atoms with Crippen LogP contribution < -0.4 is 16.6 Å². The zero-order valence-electron chi connectivity index (χ0n) is 20.9. The lowest BCUT2D eigenvalue weighted by atomic mass is 9.86. The number of carbonyl (C=O) groups excluding carboxylic acids is 2. The number of carbonyl (C=O) groups is 2. The molecule has 0 fully saturated rings. The number of benzene rings is 1. The lowest BCUT2D eigenvalue weighted by Crippen LogP contribution is -2.44. The maximum Gasteiger partial charge on any atom is 0.412 e. The van der Waals surface area contributed by atoms with Crippen LogP contribution >= 0.6 is 0 Å². The number of pyridine rings is 2. The highest BCUT2D eigenvalue weighted by Gasteiger charge is 2.45. The summed E-state index contributed by atoms with van der Waals surface area (Å²) in [4.78, 5) is 42.6. The molecule has 4 heterocycles. The monoisotopic (exact) mass is 510 g/mol. The minimum absolute atomic E-state index is 0.0203. The number of cyclic esters (lactones) is 1. The standard InChI is InChI=1S/C26H27FN4O6/c1-5-26(35)16-7-20-21-14(10-31(20)22(32)15(16)11-36-23(26)33)13(9-28)12-6-19(17(27)8-18(12)29-21)30-24(34)37-25(2,3)4/h6-8,35H,5,9-11,28H2,1-4H3,(H,30,34)/t26-/m0/s1. The highest BCUT2D eigenvalue weighted by Crippen LogP contribution is 2.40. The highest BCUT2D eigenvalue weighted by atomic mass is 19.1. The van der Waals surface area contributed by atoms with E-state index in [0.29, 0.717) is 27.9 Å². The number of anilines is 1. The molecule has 11 heteroatoms. The third-order valence-electron chi connectivity index (χ3n) is 6.73. The fourth-order valence-corrected chi connectivity index (χ4v) is 4.93. The molecule has 0 saturated heterocycles. The number of esters is 1. The molecule has 1 atom stereocenters. The fourth-order valence-electron chi connectivity index (χ4n) is 4.93. The Bertz CT molecular complexity index is 1560. The van der Waals surface area contributed by atoms with Crippen LogP contribution in [-0.4, -0.2) is 32.3 Å². The Kier molecular flexibility index (Phi) is 5.61. The maximum atomic E-state index is 15.0. The predicted octanol–water partition coefficient (Wildman–Crippen LogP) is 3.02. The van der Waals surface area contributed by atoms with Crippen molar-refractivity contribution in [3.8, 4) is 11.4 Å². The molecule has 2 aliphatic rings. The minimum atomic E-state index is -1.95. The number of nitrogens with zero attached hydrogens (tertiary/aromatic N) is 2. The Balaban J connectivity index is 1.67. The summed E-state index contributed by atoms with van der Waals surface area (Å²) in [5, 5.41) is 14.0. The summed E-state index contributed by atoms with van der Waals surface area (Å²) in [7, 11) is 0. The summed E-state index contributed by atoms with van der Waals surface area (Å²) in [5.41, 5.74) is 5.67. The number of amides is 1.